The maximum Gasteiger partial charge on any atom is 0.416 e. The van der Waals surface area contributed by atoms with Crippen molar-refractivity contribution in [2.75, 3.05) is 0 Å². The Morgan fingerprint density at radius 2 is 1.91 bits per heavy atom. The van der Waals surface area contributed by atoms with E-state index in [-0.39, 0.29) is 21.3 Å². The first kappa shape index (κ1) is 16.3. The molecule has 0 aromatic heterocycles. The fourth-order valence-corrected chi connectivity index (χ4v) is 2.77. The number of carboxylic acids is 1. The van der Waals surface area contributed by atoms with Gasteiger partial charge in [-0.25, -0.2) is 19.5 Å². The molecule has 9 heteroatoms. The van der Waals surface area contributed by atoms with E-state index in [9.17, 15) is 24.6 Å². The lowest BCUT2D eigenvalue weighted by molar-refractivity contribution is -0.141. The second-order valence-corrected chi connectivity index (χ2v) is 5.38. The van der Waals surface area contributed by atoms with Gasteiger partial charge in [-0.1, -0.05) is 35.3 Å². The molecule has 2 rings (SSSR count). The van der Waals surface area contributed by atoms with Crippen LogP contribution in [0.3, 0.4) is 0 Å². The third kappa shape index (κ3) is 2.65. The van der Waals surface area contributed by atoms with Crippen molar-refractivity contribution >= 4 is 47.0 Å². The Kier molecular flexibility index (Phi) is 4.39. The van der Waals surface area contributed by atoms with Gasteiger partial charge in [0.05, 0.1) is 16.1 Å². The van der Waals surface area contributed by atoms with Crippen LogP contribution in [0.5, 0.6) is 0 Å². The Balaban J connectivity index is 2.71. The molecule has 1 aliphatic rings. The number of rotatable bonds is 2. The number of carbonyl (C=O) groups excluding carboxylic acids is 1. The summed E-state index contributed by atoms with van der Waals surface area (Å²) in [6.45, 7) is 1.35. The molecule has 0 saturated heterocycles. The minimum absolute atomic E-state index is 0.00366. The topological polar surface area (TPSA) is 107 Å². The van der Waals surface area contributed by atoms with Crippen LogP contribution in [0.2, 0.25) is 10.0 Å². The Hall–Kier alpha value is -2.12. The lowest BCUT2D eigenvalue weighted by Gasteiger charge is -2.35. The van der Waals surface area contributed by atoms with Gasteiger partial charge in [0.15, 0.2) is 0 Å². The van der Waals surface area contributed by atoms with Gasteiger partial charge in [-0.15, -0.1) is 0 Å². The van der Waals surface area contributed by atoms with Crippen LogP contribution in [0.1, 0.15) is 18.5 Å². The zero-order valence-electron chi connectivity index (χ0n) is 11.2. The zero-order valence-corrected chi connectivity index (χ0v) is 12.7. The van der Waals surface area contributed by atoms with Crippen LogP contribution >= 0.6 is 23.2 Å². The van der Waals surface area contributed by atoms with E-state index in [0.717, 1.165) is 0 Å². The molecule has 2 N–H and O–H groups in total. The summed E-state index contributed by atoms with van der Waals surface area (Å²) in [5.41, 5.74) is 0.127. The number of nitrogens with zero attached hydrogens (tertiary/aromatic N) is 2. The molecular formula is C13H10Cl2N2O5. The molecule has 1 aromatic carbocycles. The van der Waals surface area contributed by atoms with Crippen LogP contribution in [-0.4, -0.2) is 38.9 Å². The van der Waals surface area contributed by atoms with Crippen LogP contribution in [0, 0.1) is 5.92 Å². The average Bonchev–Trinajstić information content (AvgIpc) is 2.39. The summed E-state index contributed by atoms with van der Waals surface area (Å²) in [5, 5.41) is 18.8. The molecule has 2 atom stereocenters. The predicted molar refractivity (Wildman–Crippen MR) is 78.7 cm³/mol. The summed E-state index contributed by atoms with van der Waals surface area (Å²) in [7, 11) is 0. The molecule has 3 amide bonds. The van der Waals surface area contributed by atoms with Crippen LogP contribution in [0.4, 0.5) is 9.59 Å². The van der Waals surface area contributed by atoms with E-state index in [2.05, 4.69) is 4.99 Å². The van der Waals surface area contributed by atoms with Crippen LogP contribution in [0.15, 0.2) is 23.2 Å². The third-order valence-electron chi connectivity index (χ3n) is 3.29. The van der Waals surface area contributed by atoms with Gasteiger partial charge in [-0.3, -0.25) is 4.79 Å². The minimum Gasteiger partial charge on any atom is -0.481 e. The molecule has 0 fully saturated rings. The standard InChI is InChI=1S/C13H10Cl2N2O5/c1-5-8(11(18)19)10(17(13(21)22)12(20)16-5)6-3-2-4-7(14)9(6)15/h2-4,8,10H,1H3,(H,18,19)(H,21,22). The number of carboxylic acid groups (broad SMARTS) is 2. The smallest absolute Gasteiger partial charge is 0.416 e. The van der Waals surface area contributed by atoms with Crippen molar-refractivity contribution in [2.45, 2.75) is 13.0 Å². The molecule has 7 nitrogen and oxygen atoms in total. The molecule has 0 aliphatic carbocycles. The fourth-order valence-electron chi connectivity index (χ4n) is 2.35. The van der Waals surface area contributed by atoms with Gasteiger partial charge < -0.3 is 10.2 Å². The van der Waals surface area contributed by atoms with Gasteiger partial charge in [0.25, 0.3) is 0 Å². The van der Waals surface area contributed by atoms with E-state index in [1.165, 1.54) is 25.1 Å². The van der Waals surface area contributed by atoms with Crippen molar-refractivity contribution in [3.05, 3.63) is 33.8 Å². The number of carbonyl (C=O) groups is 3. The Labute approximate surface area is 134 Å². The zero-order chi connectivity index (χ0) is 16.6. The van der Waals surface area contributed by atoms with E-state index in [1.807, 2.05) is 0 Å². The van der Waals surface area contributed by atoms with Gasteiger partial charge in [-0.2, -0.15) is 0 Å². The van der Waals surface area contributed by atoms with Gasteiger partial charge in [0, 0.05) is 5.71 Å². The highest BCUT2D eigenvalue weighted by atomic mass is 35.5. The minimum atomic E-state index is -1.62. The lowest BCUT2D eigenvalue weighted by Crippen LogP contribution is -2.49. The first-order valence-electron chi connectivity index (χ1n) is 6.03. The van der Waals surface area contributed by atoms with E-state index in [1.54, 1.807) is 0 Å². The van der Waals surface area contributed by atoms with E-state index in [0.29, 0.717) is 4.90 Å². The average molecular weight is 345 g/mol. The summed E-state index contributed by atoms with van der Waals surface area (Å²) < 4.78 is 0. The summed E-state index contributed by atoms with van der Waals surface area (Å²) >= 11 is 12.0. The van der Waals surface area contributed by atoms with Crippen LogP contribution in [0.25, 0.3) is 0 Å². The maximum atomic E-state index is 11.9. The van der Waals surface area contributed by atoms with Crippen molar-refractivity contribution in [1.82, 2.24) is 4.90 Å². The Bertz CT molecular complexity index is 704. The number of aliphatic imine (C=N–C) groups is 1. The number of hydrogen-bond donors (Lipinski definition) is 2. The molecule has 116 valence electrons. The Morgan fingerprint density at radius 3 is 2.45 bits per heavy atom. The number of imide groups is 1. The van der Waals surface area contributed by atoms with Crippen LogP contribution in [-0.2, 0) is 4.79 Å². The number of urea groups is 1. The fraction of sp³-hybridized carbons (Fsp3) is 0.231. The SMILES string of the molecule is CC1=NC(=O)N(C(=O)O)C(c2cccc(Cl)c2Cl)C1C(=O)O. The Morgan fingerprint density at radius 1 is 1.27 bits per heavy atom. The van der Waals surface area contributed by atoms with Crippen molar-refractivity contribution in [3.63, 3.8) is 0 Å². The number of halogens is 2. The van der Waals surface area contributed by atoms with Crippen molar-refractivity contribution < 1.29 is 24.6 Å². The molecule has 1 heterocycles. The molecule has 0 saturated carbocycles. The van der Waals surface area contributed by atoms with Crippen LogP contribution < -0.4 is 0 Å². The summed E-state index contributed by atoms with van der Waals surface area (Å²) in [5.74, 6) is -2.66. The summed E-state index contributed by atoms with van der Waals surface area (Å²) in [6.07, 6.45) is -1.62. The van der Waals surface area contributed by atoms with Gasteiger partial charge in [-0.05, 0) is 18.6 Å². The number of aliphatic carboxylic acids is 1. The highest BCUT2D eigenvalue weighted by Crippen LogP contribution is 2.40. The molecular weight excluding hydrogens is 335 g/mol. The van der Waals surface area contributed by atoms with E-state index < -0.39 is 30.1 Å². The normalized spacial score (nSPS) is 21.5. The van der Waals surface area contributed by atoms with Crippen molar-refractivity contribution in [2.24, 2.45) is 10.9 Å². The molecule has 1 aromatic rings. The summed E-state index contributed by atoms with van der Waals surface area (Å²) in [6, 6.07) is 1.99. The number of hydrogen-bond acceptors (Lipinski definition) is 3. The second kappa shape index (κ2) is 5.94. The predicted octanol–water partition coefficient (Wildman–Crippen LogP) is 3.31. The first-order valence-corrected chi connectivity index (χ1v) is 6.79. The van der Waals surface area contributed by atoms with Gasteiger partial charge in [0.1, 0.15) is 5.92 Å². The van der Waals surface area contributed by atoms with Crippen molar-refractivity contribution in [1.29, 1.82) is 0 Å². The number of amides is 3. The highest BCUT2D eigenvalue weighted by Gasteiger charge is 2.46. The van der Waals surface area contributed by atoms with Gasteiger partial charge >= 0.3 is 18.1 Å². The lowest BCUT2D eigenvalue weighted by atomic mass is 9.87. The number of benzene rings is 1. The van der Waals surface area contributed by atoms with Gasteiger partial charge in [0.2, 0.25) is 0 Å². The third-order valence-corrected chi connectivity index (χ3v) is 4.13. The van der Waals surface area contributed by atoms with E-state index in [4.69, 9.17) is 23.2 Å². The quantitative estimate of drug-likeness (QED) is 0.855. The molecule has 2 unspecified atom stereocenters. The molecule has 0 radical (unpaired) electrons. The van der Waals surface area contributed by atoms with Crippen molar-refractivity contribution in [3.8, 4) is 0 Å². The summed E-state index contributed by atoms with van der Waals surface area (Å²) in [4.78, 5) is 38.6. The highest BCUT2D eigenvalue weighted by molar-refractivity contribution is 6.42. The molecule has 0 bridgehead atoms. The maximum absolute atomic E-state index is 11.9. The second-order valence-electron chi connectivity index (χ2n) is 4.59. The first-order chi connectivity index (χ1) is 10.3. The molecule has 22 heavy (non-hydrogen) atoms. The van der Waals surface area contributed by atoms with E-state index >= 15 is 0 Å². The monoisotopic (exact) mass is 344 g/mol. The molecule has 1 aliphatic heterocycles. The largest absolute Gasteiger partial charge is 0.481 e. The molecule has 0 spiro atoms.